The Labute approximate surface area is 169 Å². The first kappa shape index (κ1) is 18.8. The number of rotatable bonds is 6. The molecule has 0 atom stereocenters. The summed E-state index contributed by atoms with van der Waals surface area (Å²) in [4.78, 5) is 2.41. The van der Waals surface area contributed by atoms with Crippen molar-refractivity contribution in [2.24, 2.45) is 0 Å². The Balaban J connectivity index is 1.46. The van der Waals surface area contributed by atoms with E-state index in [0.717, 1.165) is 53.6 Å². The van der Waals surface area contributed by atoms with Crippen molar-refractivity contribution in [1.29, 1.82) is 0 Å². The minimum atomic E-state index is 0.761. The number of fused-ring (bicyclic) bond motifs is 1. The van der Waals surface area contributed by atoms with Gasteiger partial charge in [-0.2, -0.15) is 0 Å². The van der Waals surface area contributed by atoms with Crippen LogP contribution in [0.1, 0.15) is 11.1 Å². The van der Waals surface area contributed by atoms with E-state index in [0.29, 0.717) is 0 Å². The summed E-state index contributed by atoms with van der Waals surface area (Å²) in [6.45, 7) is 3.84. The standard InChI is InChI=1S/C21H24N4O2S/c1-15-4-7-17(8-5-15)20-22-23-21-25(20)13-24(14-28-21)11-10-16-6-9-18(26-2)19(12-16)27-3/h4-9,12H,10-11,13-14H2,1-3H3. The van der Waals surface area contributed by atoms with Gasteiger partial charge in [-0.15, -0.1) is 10.2 Å². The van der Waals surface area contributed by atoms with E-state index in [4.69, 9.17) is 9.47 Å². The van der Waals surface area contributed by atoms with Gasteiger partial charge in [-0.25, -0.2) is 0 Å². The summed E-state index contributed by atoms with van der Waals surface area (Å²) in [5, 5.41) is 9.78. The van der Waals surface area contributed by atoms with E-state index >= 15 is 0 Å². The Morgan fingerprint density at radius 1 is 1.00 bits per heavy atom. The lowest BCUT2D eigenvalue weighted by atomic mass is 10.1. The zero-order chi connectivity index (χ0) is 19.5. The Kier molecular flexibility index (Phi) is 5.54. The minimum absolute atomic E-state index is 0.761. The Hall–Kier alpha value is -2.51. The summed E-state index contributed by atoms with van der Waals surface area (Å²) in [5.74, 6) is 3.38. The number of benzene rings is 2. The Morgan fingerprint density at radius 3 is 2.54 bits per heavy atom. The van der Waals surface area contributed by atoms with Gasteiger partial charge in [0.15, 0.2) is 22.5 Å². The lowest BCUT2D eigenvalue weighted by Crippen LogP contribution is -2.32. The quantitative estimate of drug-likeness (QED) is 0.631. The van der Waals surface area contributed by atoms with Crippen LogP contribution in [0.5, 0.6) is 11.5 Å². The van der Waals surface area contributed by atoms with Gasteiger partial charge < -0.3 is 9.47 Å². The van der Waals surface area contributed by atoms with Gasteiger partial charge in [-0.1, -0.05) is 47.7 Å². The van der Waals surface area contributed by atoms with Crippen LogP contribution in [0.25, 0.3) is 11.4 Å². The van der Waals surface area contributed by atoms with E-state index in [1.165, 1.54) is 11.1 Å². The predicted octanol–water partition coefficient (Wildman–Crippen LogP) is 3.84. The van der Waals surface area contributed by atoms with Gasteiger partial charge in [0, 0.05) is 12.1 Å². The highest BCUT2D eigenvalue weighted by Gasteiger charge is 2.22. The first-order valence-corrected chi connectivity index (χ1v) is 10.2. The molecule has 7 heteroatoms. The molecule has 0 amide bonds. The molecular formula is C21H24N4O2S. The minimum Gasteiger partial charge on any atom is -0.493 e. The molecule has 0 N–H and O–H groups in total. The highest BCUT2D eigenvalue weighted by Crippen LogP contribution is 2.30. The van der Waals surface area contributed by atoms with Gasteiger partial charge in [0.2, 0.25) is 0 Å². The maximum atomic E-state index is 5.41. The molecule has 2 heterocycles. The Morgan fingerprint density at radius 2 is 1.79 bits per heavy atom. The summed E-state index contributed by atoms with van der Waals surface area (Å²) in [6, 6.07) is 14.6. The van der Waals surface area contributed by atoms with E-state index in [1.807, 2.05) is 6.07 Å². The van der Waals surface area contributed by atoms with Gasteiger partial charge >= 0.3 is 0 Å². The molecule has 2 aromatic carbocycles. The number of hydrogen-bond acceptors (Lipinski definition) is 6. The number of aromatic nitrogens is 3. The summed E-state index contributed by atoms with van der Waals surface area (Å²) in [7, 11) is 3.33. The van der Waals surface area contributed by atoms with Crippen LogP contribution in [0.3, 0.4) is 0 Å². The molecule has 0 aliphatic carbocycles. The molecule has 0 saturated heterocycles. The highest BCUT2D eigenvalue weighted by atomic mass is 32.2. The zero-order valence-corrected chi connectivity index (χ0v) is 17.2. The summed E-state index contributed by atoms with van der Waals surface area (Å²) in [6.07, 6.45) is 0.943. The second kappa shape index (κ2) is 8.24. The van der Waals surface area contributed by atoms with Crippen molar-refractivity contribution >= 4 is 11.8 Å². The van der Waals surface area contributed by atoms with Gasteiger partial charge in [-0.05, 0) is 31.0 Å². The van der Waals surface area contributed by atoms with Crippen LogP contribution in [-0.2, 0) is 13.1 Å². The van der Waals surface area contributed by atoms with Crippen molar-refractivity contribution in [3.8, 4) is 22.9 Å². The summed E-state index contributed by atoms with van der Waals surface area (Å²) >= 11 is 1.73. The third-order valence-electron chi connectivity index (χ3n) is 4.91. The monoisotopic (exact) mass is 396 g/mol. The van der Waals surface area contributed by atoms with Crippen LogP contribution >= 0.6 is 11.8 Å². The molecule has 3 aromatic rings. The maximum absolute atomic E-state index is 5.41. The zero-order valence-electron chi connectivity index (χ0n) is 16.4. The number of thioether (sulfide) groups is 1. The molecule has 1 aliphatic rings. The van der Waals surface area contributed by atoms with Crippen molar-refractivity contribution in [1.82, 2.24) is 19.7 Å². The molecule has 1 aliphatic heterocycles. The predicted molar refractivity (Wildman–Crippen MR) is 111 cm³/mol. The van der Waals surface area contributed by atoms with Crippen molar-refractivity contribution in [2.75, 3.05) is 26.6 Å². The Bertz CT molecular complexity index is 956. The normalized spacial score (nSPS) is 14.0. The fourth-order valence-corrected chi connectivity index (χ4v) is 4.20. The molecule has 6 nitrogen and oxygen atoms in total. The fourth-order valence-electron chi connectivity index (χ4n) is 3.29. The maximum Gasteiger partial charge on any atom is 0.193 e. The van der Waals surface area contributed by atoms with E-state index in [2.05, 4.69) is 63.0 Å². The molecule has 0 unspecified atom stereocenters. The number of ether oxygens (including phenoxy) is 2. The summed E-state index contributed by atoms with van der Waals surface area (Å²) in [5.41, 5.74) is 3.58. The SMILES string of the molecule is COc1ccc(CCN2CSc3nnc(-c4ccc(C)cc4)n3C2)cc1OC. The first-order chi connectivity index (χ1) is 13.7. The lowest BCUT2D eigenvalue weighted by molar-refractivity contribution is 0.242. The van der Waals surface area contributed by atoms with Gasteiger partial charge in [0.1, 0.15) is 0 Å². The second-order valence-corrected chi connectivity index (χ2v) is 7.76. The third-order valence-corrected chi connectivity index (χ3v) is 5.96. The van der Waals surface area contributed by atoms with Crippen LogP contribution in [0.4, 0.5) is 0 Å². The smallest absolute Gasteiger partial charge is 0.193 e. The molecule has 0 bridgehead atoms. The summed E-state index contributed by atoms with van der Waals surface area (Å²) < 4.78 is 12.9. The van der Waals surface area contributed by atoms with E-state index < -0.39 is 0 Å². The van der Waals surface area contributed by atoms with Crippen molar-refractivity contribution in [2.45, 2.75) is 25.2 Å². The van der Waals surface area contributed by atoms with Crippen LogP contribution in [0.15, 0.2) is 47.6 Å². The molecule has 28 heavy (non-hydrogen) atoms. The number of hydrogen-bond donors (Lipinski definition) is 0. The molecule has 0 spiro atoms. The van der Waals surface area contributed by atoms with Crippen molar-refractivity contribution in [3.05, 3.63) is 53.6 Å². The first-order valence-electron chi connectivity index (χ1n) is 9.24. The fraction of sp³-hybridized carbons (Fsp3) is 0.333. The average molecular weight is 397 g/mol. The van der Waals surface area contributed by atoms with Crippen LogP contribution < -0.4 is 9.47 Å². The van der Waals surface area contributed by atoms with Crippen molar-refractivity contribution < 1.29 is 9.47 Å². The van der Waals surface area contributed by atoms with Crippen molar-refractivity contribution in [3.63, 3.8) is 0 Å². The van der Waals surface area contributed by atoms with Gasteiger partial charge in [0.25, 0.3) is 0 Å². The highest BCUT2D eigenvalue weighted by molar-refractivity contribution is 7.99. The molecule has 0 fully saturated rings. The number of aryl methyl sites for hydroxylation is 1. The number of methoxy groups -OCH3 is 2. The van der Waals surface area contributed by atoms with E-state index in [-0.39, 0.29) is 0 Å². The van der Waals surface area contributed by atoms with Gasteiger partial charge in [-0.3, -0.25) is 9.47 Å². The molecule has 146 valence electrons. The number of nitrogens with zero attached hydrogens (tertiary/aromatic N) is 4. The topological polar surface area (TPSA) is 52.4 Å². The van der Waals surface area contributed by atoms with E-state index in [1.54, 1.807) is 26.0 Å². The van der Waals surface area contributed by atoms with Crippen LogP contribution in [0, 0.1) is 6.92 Å². The molecule has 0 radical (unpaired) electrons. The van der Waals surface area contributed by atoms with Gasteiger partial charge in [0.05, 0.1) is 26.8 Å². The third kappa shape index (κ3) is 3.86. The van der Waals surface area contributed by atoms with Crippen LogP contribution in [-0.4, -0.2) is 46.3 Å². The molecular weight excluding hydrogens is 372 g/mol. The molecule has 4 rings (SSSR count). The second-order valence-electron chi connectivity index (χ2n) is 6.85. The van der Waals surface area contributed by atoms with Crippen LogP contribution in [0.2, 0.25) is 0 Å². The molecule has 1 aromatic heterocycles. The lowest BCUT2D eigenvalue weighted by Gasteiger charge is -2.27. The molecule has 0 saturated carbocycles. The largest absolute Gasteiger partial charge is 0.493 e. The average Bonchev–Trinajstić information content (AvgIpc) is 3.15. The van der Waals surface area contributed by atoms with E-state index in [9.17, 15) is 0 Å².